The first kappa shape index (κ1) is 16.3. The van der Waals surface area contributed by atoms with Crippen LogP contribution >= 0.6 is 11.6 Å². The summed E-state index contributed by atoms with van der Waals surface area (Å²) in [7, 11) is 2.16. The second-order valence-electron chi connectivity index (χ2n) is 6.30. The molecule has 0 spiro atoms. The fourth-order valence-corrected chi connectivity index (χ4v) is 3.48. The maximum absolute atomic E-state index is 6.05. The summed E-state index contributed by atoms with van der Waals surface area (Å²) in [5, 5.41) is 12.2. The van der Waals surface area contributed by atoms with Gasteiger partial charge in [-0.2, -0.15) is 5.10 Å². The zero-order valence-electron chi connectivity index (χ0n) is 14.0. The smallest absolute Gasteiger partial charge is 0.100 e. The molecule has 2 N–H and O–H groups in total. The van der Waals surface area contributed by atoms with E-state index in [-0.39, 0.29) is 6.04 Å². The van der Waals surface area contributed by atoms with Crippen LogP contribution in [0.3, 0.4) is 0 Å². The number of hydrogen-bond donors (Lipinski definition) is 2. The van der Waals surface area contributed by atoms with E-state index in [1.54, 1.807) is 0 Å². The Bertz CT molecular complexity index is 844. The van der Waals surface area contributed by atoms with Crippen molar-refractivity contribution in [3.63, 3.8) is 0 Å². The maximum atomic E-state index is 6.05. The third-order valence-electron chi connectivity index (χ3n) is 4.73. The van der Waals surface area contributed by atoms with Gasteiger partial charge in [0.15, 0.2) is 0 Å². The molecule has 0 saturated carbocycles. The molecule has 1 saturated heterocycles. The SMILES string of the molecule is CN1CCNCC1c1[nH]nc(-c2ccc(Cl)cc2)c1-c1ccncc1. The lowest BCUT2D eigenvalue weighted by molar-refractivity contribution is 0.199. The summed E-state index contributed by atoms with van der Waals surface area (Å²) in [6, 6.07) is 12.1. The van der Waals surface area contributed by atoms with Crippen molar-refractivity contribution in [2.24, 2.45) is 0 Å². The Balaban J connectivity index is 1.86. The Morgan fingerprint density at radius 3 is 2.56 bits per heavy atom. The first-order valence-corrected chi connectivity index (χ1v) is 8.77. The summed E-state index contributed by atoms with van der Waals surface area (Å²) in [5.41, 5.74) is 5.36. The molecule has 0 amide bonds. The summed E-state index contributed by atoms with van der Waals surface area (Å²) < 4.78 is 0. The van der Waals surface area contributed by atoms with E-state index in [1.807, 2.05) is 48.8 Å². The molecular formula is C19H20ClN5. The second-order valence-corrected chi connectivity index (χ2v) is 6.74. The molecule has 4 rings (SSSR count). The van der Waals surface area contributed by atoms with Crippen LogP contribution < -0.4 is 5.32 Å². The lowest BCUT2D eigenvalue weighted by Gasteiger charge is -2.33. The van der Waals surface area contributed by atoms with Crippen molar-refractivity contribution in [1.29, 1.82) is 0 Å². The fourth-order valence-electron chi connectivity index (χ4n) is 3.35. The van der Waals surface area contributed by atoms with Gasteiger partial charge in [-0.1, -0.05) is 23.7 Å². The van der Waals surface area contributed by atoms with E-state index in [0.717, 1.165) is 52.7 Å². The third kappa shape index (κ3) is 3.18. The van der Waals surface area contributed by atoms with Gasteiger partial charge in [0.2, 0.25) is 0 Å². The number of hydrogen-bond acceptors (Lipinski definition) is 4. The molecule has 3 heterocycles. The van der Waals surface area contributed by atoms with Crippen LogP contribution in [0, 0.1) is 0 Å². The molecule has 0 radical (unpaired) electrons. The minimum absolute atomic E-state index is 0.255. The van der Waals surface area contributed by atoms with Crippen LogP contribution in [0.2, 0.25) is 5.02 Å². The Labute approximate surface area is 152 Å². The number of benzene rings is 1. The minimum atomic E-state index is 0.255. The number of nitrogens with zero attached hydrogens (tertiary/aromatic N) is 3. The molecule has 1 fully saturated rings. The van der Waals surface area contributed by atoms with Crippen LogP contribution in [0.15, 0.2) is 48.8 Å². The second kappa shape index (κ2) is 6.96. The number of likely N-dealkylation sites (N-methyl/N-ethyl adjacent to an activating group) is 1. The van der Waals surface area contributed by atoms with Gasteiger partial charge in [0.05, 0.1) is 11.7 Å². The van der Waals surface area contributed by atoms with Crippen molar-refractivity contribution in [1.82, 2.24) is 25.4 Å². The number of pyridine rings is 1. The Morgan fingerprint density at radius 1 is 1.08 bits per heavy atom. The molecular weight excluding hydrogens is 334 g/mol. The molecule has 3 aromatic rings. The van der Waals surface area contributed by atoms with Gasteiger partial charge in [0, 0.05) is 48.2 Å². The zero-order valence-corrected chi connectivity index (χ0v) is 14.8. The molecule has 128 valence electrons. The van der Waals surface area contributed by atoms with Crippen LogP contribution in [0.1, 0.15) is 11.7 Å². The van der Waals surface area contributed by atoms with E-state index >= 15 is 0 Å². The van der Waals surface area contributed by atoms with Crippen molar-refractivity contribution in [3.8, 4) is 22.4 Å². The molecule has 25 heavy (non-hydrogen) atoms. The summed E-state index contributed by atoms with van der Waals surface area (Å²) in [5.74, 6) is 0. The third-order valence-corrected chi connectivity index (χ3v) is 4.98. The van der Waals surface area contributed by atoms with Crippen molar-refractivity contribution in [2.45, 2.75) is 6.04 Å². The number of piperazine rings is 1. The first-order valence-electron chi connectivity index (χ1n) is 8.39. The lowest BCUT2D eigenvalue weighted by atomic mass is 9.96. The summed E-state index contributed by atoms with van der Waals surface area (Å²) >= 11 is 6.05. The Morgan fingerprint density at radius 2 is 1.84 bits per heavy atom. The highest BCUT2D eigenvalue weighted by atomic mass is 35.5. The van der Waals surface area contributed by atoms with Gasteiger partial charge in [-0.3, -0.25) is 15.0 Å². The van der Waals surface area contributed by atoms with E-state index < -0.39 is 0 Å². The molecule has 5 nitrogen and oxygen atoms in total. The highest BCUT2D eigenvalue weighted by Gasteiger charge is 2.27. The molecule has 0 aliphatic carbocycles. The zero-order chi connectivity index (χ0) is 17.2. The molecule has 6 heteroatoms. The quantitative estimate of drug-likeness (QED) is 0.758. The van der Waals surface area contributed by atoms with Gasteiger partial charge in [0.1, 0.15) is 5.69 Å². The summed E-state index contributed by atoms with van der Waals surface area (Å²) in [4.78, 5) is 6.52. The highest BCUT2D eigenvalue weighted by molar-refractivity contribution is 6.30. The van der Waals surface area contributed by atoms with Gasteiger partial charge >= 0.3 is 0 Å². The van der Waals surface area contributed by atoms with Crippen LogP contribution in [0.4, 0.5) is 0 Å². The van der Waals surface area contributed by atoms with Crippen LogP contribution in [-0.4, -0.2) is 46.8 Å². The van der Waals surface area contributed by atoms with E-state index in [4.69, 9.17) is 11.6 Å². The predicted octanol–water partition coefficient (Wildman–Crippen LogP) is 3.37. The molecule has 1 atom stereocenters. The van der Waals surface area contributed by atoms with Crippen molar-refractivity contribution >= 4 is 11.6 Å². The van der Waals surface area contributed by atoms with Gasteiger partial charge < -0.3 is 5.32 Å². The first-order chi connectivity index (χ1) is 12.2. The average Bonchev–Trinajstić information content (AvgIpc) is 3.08. The molecule has 2 aromatic heterocycles. The number of aromatic amines is 1. The van der Waals surface area contributed by atoms with E-state index in [1.165, 1.54) is 0 Å². The van der Waals surface area contributed by atoms with Crippen LogP contribution in [0.25, 0.3) is 22.4 Å². The minimum Gasteiger partial charge on any atom is -0.313 e. The van der Waals surface area contributed by atoms with Crippen LogP contribution in [-0.2, 0) is 0 Å². The number of aromatic nitrogens is 3. The van der Waals surface area contributed by atoms with E-state index in [2.05, 4.69) is 32.4 Å². The average molecular weight is 354 g/mol. The maximum Gasteiger partial charge on any atom is 0.100 e. The molecule has 1 aliphatic rings. The van der Waals surface area contributed by atoms with Crippen molar-refractivity contribution < 1.29 is 0 Å². The van der Waals surface area contributed by atoms with E-state index in [0.29, 0.717) is 0 Å². The van der Waals surface area contributed by atoms with Gasteiger partial charge in [-0.25, -0.2) is 0 Å². The summed E-state index contributed by atoms with van der Waals surface area (Å²) in [6.45, 7) is 2.92. The van der Waals surface area contributed by atoms with E-state index in [9.17, 15) is 0 Å². The Kier molecular flexibility index (Phi) is 4.53. The fraction of sp³-hybridized carbons (Fsp3) is 0.263. The normalized spacial score (nSPS) is 18.4. The predicted molar refractivity (Wildman–Crippen MR) is 101 cm³/mol. The molecule has 0 bridgehead atoms. The number of H-pyrrole nitrogens is 1. The van der Waals surface area contributed by atoms with Gasteiger partial charge in [-0.05, 0) is 36.9 Å². The van der Waals surface area contributed by atoms with Crippen molar-refractivity contribution in [2.75, 3.05) is 26.7 Å². The molecule has 1 aliphatic heterocycles. The molecule has 1 aromatic carbocycles. The van der Waals surface area contributed by atoms with Crippen LogP contribution in [0.5, 0.6) is 0 Å². The largest absolute Gasteiger partial charge is 0.313 e. The number of halogens is 1. The number of rotatable bonds is 3. The molecule has 1 unspecified atom stereocenters. The summed E-state index contributed by atoms with van der Waals surface area (Å²) in [6.07, 6.45) is 3.64. The Hall–Kier alpha value is -2.21. The van der Waals surface area contributed by atoms with Crippen molar-refractivity contribution in [3.05, 3.63) is 59.5 Å². The highest BCUT2D eigenvalue weighted by Crippen LogP contribution is 2.37. The standard InChI is InChI=1S/C19H20ClN5/c1-25-11-10-22-12-16(25)19-17(13-6-8-21-9-7-13)18(23-24-19)14-2-4-15(20)5-3-14/h2-9,16,22H,10-12H2,1H3,(H,23,24). The number of nitrogens with one attached hydrogen (secondary N) is 2. The monoisotopic (exact) mass is 353 g/mol. The topological polar surface area (TPSA) is 56.8 Å². The van der Waals surface area contributed by atoms with Gasteiger partial charge in [-0.15, -0.1) is 0 Å². The van der Waals surface area contributed by atoms with Gasteiger partial charge in [0.25, 0.3) is 0 Å². The lowest BCUT2D eigenvalue weighted by Crippen LogP contribution is -2.44.